The summed E-state index contributed by atoms with van der Waals surface area (Å²) in [6.07, 6.45) is 2.77. The Morgan fingerprint density at radius 3 is 3.00 bits per heavy atom. The molecule has 0 aliphatic carbocycles. The summed E-state index contributed by atoms with van der Waals surface area (Å²) in [5.41, 5.74) is 2.87. The van der Waals surface area contributed by atoms with Crippen molar-refractivity contribution in [3.8, 4) is 22.9 Å². The van der Waals surface area contributed by atoms with Crippen LogP contribution in [0.4, 0.5) is 10.2 Å². The number of benzene rings is 1. The van der Waals surface area contributed by atoms with Gasteiger partial charge in [-0.15, -0.1) is 10.2 Å². The fraction of sp³-hybridized carbons (Fsp3) is 0.333. The van der Waals surface area contributed by atoms with Crippen LogP contribution in [0.5, 0.6) is 11.5 Å². The molecule has 3 aromatic heterocycles. The maximum atomic E-state index is 14.6. The van der Waals surface area contributed by atoms with E-state index in [2.05, 4.69) is 25.6 Å². The number of hydrogen-bond acceptors (Lipinski definition) is 7. The molecule has 158 valence electrons. The van der Waals surface area contributed by atoms with Crippen molar-refractivity contribution in [3.63, 3.8) is 0 Å². The van der Waals surface area contributed by atoms with E-state index in [4.69, 9.17) is 9.47 Å². The number of halogens is 1. The summed E-state index contributed by atoms with van der Waals surface area (Å²) in [7, 11) is 1.85. The van der Waals surface area contributed by atoms with Crippen molar-refractivity contribution in [3.05, 3.63) is 47.3 Å². The first kappa shape index (κ1) is 18.1. The van der Waals surface area contributed by atoms with Gasteiger partial charge in [0.2, 0.25) is 0 Å². The molecule has 0 spiro atoms. The van der Waals surface area contributed by atoms with Crippen LogP contribution in [-0.2, 0) is 26.4 Å². The molecule has 10 heteroatoms. The number of aryl methyl sites for hydroxylation is 2. The van der Waals surface area contributed by atoms with E-state index >= 15 is 0 Å². The van der Waals surface area contributed by atoms with Crippen LogP contribution in [0.25, 0.3) is 17.0 Å². The third-order valence-electron chi connectivity index (χ3n) is 5.82. The quantitative estimate of drug-likeness (QED) is 0.532. The third-order valence-corrected chi connectivity index (χ3v) is 5.82. The molecular weight excluding hydrogens is 401 g/mol. The molecule has 1 aromatic carbocycles. The summed E-state index contributed by atoms with van der Waals surface area (Å²) >= 11 is 0. The highest BCUT2D eigenvalue weighted by atomic mass is 19.1. The van der Waals surface area contributed by atoms with E-state index in [1.54, 1.807) is 17.1 Å². The van der Waals surface area contributed by atoms with Gasteiger partial charge in [0, 0.05) is 37.6 Å². The SMILES string of the molecule is CCc1nc(-c2cc3c(n4cnnc24)NCc2c(F)ccc4c2C[C@@H](CO3)O4)n(C)n1. The van der Waals surface area contributed by atoms with Crippen LogP contribution in [-0.4, -0.2) is 42.1 Å². The van der Waals surface area contributed by atoms with Gasteiger partial charge in [0.25, 0.3) is 0 Å². The Labute approximate surface area is 176 Å². The van der Waals surface area contributed by atoms with E-state index in [0.29, 0.717) is 41.6 Å². The fourth-order valence-corrected chi connectivity index (χ4v) is 4.30. The number of rotatable bonds is 2. The number of nitrogens with one attached hydrogen (secondary N) is 1. The third kappa shape index (κ3) is 2.74. The Bertz CT molecular complexity index is 1330. The second kappa shape index (κ2) is 6.66. The van der Waals surface area contributed by atoms with Gasteiger partial charge in [0.1, 0.15) is 30.6 Å². The van der Waals surface area contributed by atoms with Gasteiger partial charge in [0.15, 0.2) is 28.9 Å². The molecule has 0 radical (unpaired) electrons. The average molecular weight is 421 g/mol. The van der Waals surface area contributed by atoms with Crippen molar-refractivity contribution in [1.29, 1.82) is 0 Å². The van der Waals surface area contributed by atoms with Crippen LogP contribution < -0.4 is 14.8 Å². The lowest BCUT2D eigenvalue weighted by Crippen LogP contribution is -2.24. The molecule has 1 atom stereocenters. The summed E-state index contributed by atoms with van der Waals surface area (Å²) in [4.78, 5) is 4.64. The molecule has 0 saturated heterocycles. The molecule has 0 amide bonds. The van der Waals surface area contributed by atoms with Gasteiger partial charge in [0.05, 0.1) is 5.56 Å². The van der Waals surface area contributed by atoms with Gasteiger partial charge in [-0.1, -0.05) is 6.92 Å². The first-order valence-corrected chi connectivity index (χ1v) is 10.2. The van der Waals surface area contributed by atoms with E-state index in [0.717, 1.165) is 29.1 Å². The zero-order valence-electron chi connectivity index (χ0n) is 17.1. The van der Waals surface area contributed by atoms with Crippen LogP contribution in [0.15, 0.2) is 24.5 Å². The average Bonchev–Trinajstić information content (AvgIpc) is 3.49. The normalized spacial score (nSPS) is 17.1. The van der Waals surface area contributed by atoms with Gasteiger partial charge in [-0.25, -0.2) is 14.1 Å². The number of fused-ring (bicyclic) bond motifs is 4. The van der Waals surface area contributed by atoms with E-state index in [1.165, 1.54) is 6.07 Å². The largest absolute Gasteiger partial charge is 0.486 e. The van der Waals surface area contributed by atoms with Gasteiger partial charge < -0.3 is 14.8 Å². The summed E-state index contributed by atoms with van der Waals surface area (Å²) in [5.74, 6) is 3.14. The van der Waals surface area contributed by atoms with Gasteiger partial charge in [-0.2, -0.15) is 5.10 Å². The highest BCUT2D eigenvalue weighted by Gasteiger charge is 2.30. The number of hydrogen-bond donors (Lipinski definition) is 1. The molecule has 9 nitrogen and oxygen atoms in total. The molecule has 2 aliphatic rings. The second-order valence-electron chi connectivity index (χ2n) is 7.74. The zero-order valence-corrected chi connectivity index (χ0v) is 17.1. The predicted molar refractivity (Wildman–Crippen MR) is 110 cm³/mol. The van der Waals surface area contributed by atoms with Crippen molar-refractivity contribution in [1.82, 2.24) is 29.4 Å². The molecule has 31 heavy (non-hydrogen) atoms. The molecule has 0 saturated carbocycles. The van der Waals surface area contributed by atoms with Crippen LogP contribution in [0.3, 0.4) is 0 Å². The molecule has 1 N–H and O–H groups in total. The van der Waals surface area contributed by atoms with Crippen LogP contribution in [0.2, 0.25) is 0 Å². The Kier molecular flexibility index (Phi) is 3.89. The molecular formula is C21H20FN7O2. The molecule has 2 aliphatic heterocycles. The summed E-state index contributed by atoms with van der Waals surface area (Å²) < 4.78 is 30.4. The van der Waals surface area contributed by atoms with Crippen LogP contribution >= 0.6 is 0 Å². The van der Waals surface area contributed by atoms with Crippen molar-refractivity contribution in [2.24, 2.45) is 7.05 Å². The lowest BCUT2D eigenvalue weighted by atomic mass is 10.0. The second-order valence-corrected chi connectivity index (χ2v) is 7.74. The maximum Gasteiger partial charge on any atom is 0.173 e. The standard InChI is InChI=1S/C21H20FN7O2/c1-3-18-25-19(28(2)27-18)13-7-17-21(29-10-24-26-20(13)29)23-8-14-12-6-11(9-30-17)31-16(12)5-4-15(14)22/h4-5,7,10-11,23H,3,6,8-9H2,1-2H3/t11-/m0/s1. The number of nitrogens with zero attached hydrogens (tertiary/aromatic N) is 6. The van der Waals surface area contributed by atoms with Crippen molar-refractivity contribution >= 4 is 11.5 Å². The minimum absolute atomic E-state index is 0.178. The first-order valence-electron chi connectivity index (χ1n) is 10.2. The number of anilines is 1. The molecule has 2 bridgehead atoms. The maximum absolute atomic E-state index is 14.6. The lowest BCUT2D eigenvalue weighted by molar-refractivity contribution is 0.148. The predicted octanol–water partition coefficient (Wildman–Crippen LogP) is 2.53. The Balaban J connectivity index is 1.51. The Morgan fingerprint density at radius 1 is 1.26 bits per heavy atom. The molecule has 0 fully saturated rings. The number of aromatic nitrogens is 6. The molecule has 4 aromatic rings. The van der Waals surface area contributed by atoms with Crippen molar-refractivity contribution in [2.75, 3.05) is 11.9 Å². The lowest BCUT2D eigenvalue weighted by Gasteiger charge is -2.19. The van der Waals surface area contributed by atoms with E-state index < -0.39 is 0 Å². The van der Waals surface area contributed by atoms with Crippen molar-refractivity contribution in [2.45, 2.75) is 32.4 Å². The zero-order chi connectivity index (χ0) is 21.1. The van der Waals surface area contributed by atoms with Crippen molar-refractivity contribution < 1.29 is 13.9 Å². The topological polar surface area (TPSA) is 91.4 Å². The van der Waals surface area contributed by atoms with Crippen LogP contribution in [0, 0.1) is 5.82 Å². The van der Waals surface area contributed by atoms with Gasteiger partial charge in [-0.05, 0) is 18.2 Å². The minimum Gasteiger partial charge on any atom is -0.486 e. The van der Waals surface area contributed by atoms with Crippen LogP contribution in [0.1, 0.15) is 23.9 Å². The molecule has 5 heterocycles. The van der Waals surface area contributed by atoms with E-state index in [-0.39, 0.29) is 18.5 Å². The van der Waals surface area contributed by atoms with E-state index in [1.807, 2.05) is 24.4 Å². The highest BCUT2D eigenvalue weighted by molar-refractivity contribution is 5.78. The summed E-state index contributed by atoms with van der Waals surface area (Å²) in [5, 5.41) is 16.2. The van der Waals surface area contributed by atoms with Gasteiger partial charge >= 0.3 is 0 Å². The number of pyridine rings is 1. The monoisotopic (exact) mass is 421 g/mol. The molecule has 0 unspecified atom stereocenters. The Morgan fingerprint density at radius 2 is 2.16 bits per heavy atom. The molecule has 6 rings (SSSR count). The summed E-state index contributed by atoms with van der Waals surface area (Å²) in [6, 6.07) is 5.03. The highest BCUT2D eigenvalue weighted by Crippen LogP contribution is 2.38. The summed E-state index contributed by atoms with van der Waals surface area (Å²) in [6.45, 7) is 2.63. The minimum atomic E-state index is -0.249. The van der Waals surface area contributed by atoms with Gasteiger partial charge in [-0.3, -0.25) is 4.40 Å². The Hall–Kier alpha value is -3.69. The number of ether oxygens (including phenoxy) is 2. The van der Waals surface area contributed by atoms with E-state index in [9.17, 15) is 4.39 Å². The fourth-order valence-electron chi connectivity index (χ4n) is 4.30. The first-order chi connectivity index (χ1) is 15.1. The smallest absolute Gasteiger partial charge is 0.173 e.